The normalized spacial score (nSPS) is 17.2. The molecule has 14 heavy (non-hydrogen) atoms. The Morgan fingerprint density at radius 2 is 1.79 bits per heavy atom. The molecule has 0 unspecified atom stereocenters. The van der Waals surface area contributed by atoms with Crippen LogP contribution in [0.5, 0.6) is 0 Å². The van der Waals surface area contributed by atoms with Crippen molar-refractivity contribution in [3.63, 3.8) is 0 Å². The van der Waals surface area contributed by atoms with Gasteiger partial charge in [0.05, 0.1) is 0 Å². The lowest BCUT2D eigenvalue weighted by atomic mass is 9.88. The molecule has 1 aliphatic heterocycles. The van der Waals surface area contributed by atoms with Gasteiger partial charge in [0.1, 0.15) is 0 Å². The molecule has 0 saturated carbocycles. The molecule has 76 valence electrons. The number of anilines is 2. The highest BCUT2D eigenvalue weighted by atomic mass is 15.2. The van der Waals surface area contributed by atoms with Crippen molar-refractivity contribution < 1.29 is 0 Å². The van der Waals surface area contributed by atoms with Gasteiger partial charge in [0.25, 0.3) is 0 Å². The summed E-state index contributed by atoms with van der Waals surface area (Å²) in [7, 11) is 0. The van der Waals surface area contributed by atoms with Gasteiger partial charge in [-0.3, -0.25) is 0 Å². The number of nitrogens with zero attached hydrogens (tertiary/aromatic N) is 1. The number of hydrogen-bond donors (Lipinski definition) is 1. The van der Waals surface area contributed by atoms with Crippen molar-refractivity contribution in [2.24, 2.45) is 11.8 Å². The predicted molar refractivity (Wildman–Crippen MR) is 61.4 cm³/mol. The SMILES string of the molecule is CC(C)C1CN(c2ccc(N)cc2)C1. The minimum Gasteiger partial charge on any atom is -0.399 e. The summed E-state index contributed by atoms with van der Waals surface area (Å²) < 4.78 is 0. The monoisotopic (exact) mass is 190 g/mol. The molecule has 1 aromatic carbocycles. The number of rotatable bonds is 2. The minimum absolute atomic E-state index is 0.806. The molecule has 0 spiro atoms. The molecule has 1 saturated heterocycles. The van der Waals surface area contributed by atoms with Crippen LogP contribution in [0.15, 0.2) is 24.3 Å². The molecule has 1 fully saturated rings. The molecule has 0 aromatic heterocycles. The predicted octanol–water partition coefficient (Wildman–Crippen LogP) is 2.36. The van der Waals surface area contributed by atoms with Crippen LogP contribution in [-0.4, -0.2) is 13.1 Å². The summed E-state index contributed by atoms with van der Waals surface area (Å²) in [6, 6.07) is 8.15. The van der Waals surface area contributed by atoms with Crippen molar-refractivity contribution in [1.82, 2.24) is 0 Å². The van der Waals surface area contributed by atoms with Gasteiger partial charge in [-0.25, -0.2) is 0 Å². The summed E-state index contributed by atoms with van der Waals surface area (Å²) >= 11 is 0. The van der Waals surface area contributed by atoms with Crippen LogP contribution < -0.4 is 10.6 Å². The lowest BCUT2D eigenvalue weighted by molar-refractivity contribution is 0.310. The highest BCUT2D eigenvalue weighted by molar-refractivity contribution is 5.54. The van der Waals surface area contributed by atoms with Gasteiger partial charge < -0.3 is 10.6 Å². The molecule has 0 radical (unpaired) electrons. The van der Waals surface area contributed by atoms with E-state index in [1.807, 2.05) is 12.1 Å². The molecule has 2 N–H and O–H groups in total. The maximum Gasteiger partial charge on any atom is 0.0367 e. The standard InChI is InChI=1S/C12H18N2/c1-9(2)10-7-14(8-10)12-5-3-11(13)4-6-12/h3-6,9-10H,7-8,13H2,1-2H3. The summed E-state index contributed by atoms with van der Waals surface area (Å²) in [6.07, 6.45) is 0. The highest BCUT2D eigenvalue weighted by Crippen LogP contribution is 2.29. The van der Waals surface area contributed by atoms with Gasteiger partial charge in [0.2, 0.25) is 0 Å². The zero-order valence-electron chi connectivity index (χ0n) is 8.90. The lowest BCUT2D eigenvalue weighted by Gasteiger charge is -2.43. The quantitative estimate of drug-likeness (QED) is 0.725. The Hall–Kier alpha value is -1.18. The number of nitrogen functional groups attached to an aromatic ring is 1. The second-order valence-corrected chi connectivity index (χ2v) is 4.50. The number of nitrogens with two attached hydrogens (primary N) is 1. The largest absolute Gasteiger partial charge is 0.399 e. The van der Waals surface area contributed by atoms with E-state index in [1.54, 1.807) is 0 Å². The Kier molecular flexibility index (Phi) is 2.36. The van der Waals surface area contributed by atoms with Crippen LogP contribution in [0.3, 0.4) is 0 Å². The molecule has 1 aromatic rings. The first-order valence-electron chi connectivity index (χ1n) is 5.27. The van der Waals surface area contributed by atoms with Crippen LogP contribution in [0.1, 0.15) is 13.8 Å². The fourth-order valence-electron chi connectivity index (χ4n) is 1.83. The Labute approximate surface area is 85.7 Å². The zero-order valence-corrected chi connectivity index (χ0v) is 8.90. The third kappa shape index (κ3) is 1.69. The minimum atomic E-state index is 0.806. The lowest BCUT2D eigenvalue weighted by Crippen LogP contribution is -2.49. The van der Waals surface area contributed by atoms with Gasteiger partial charge in [0.15, 0.2) is 0 Å². The van der Waals surface area contributed by atoms with E-state index >= 15 is 0 Å². The Bertz CT molecular complexity index is 297. The Morgan fingerprint density at radius 3 is 2.29 bits per heavy atom. The van der Waals surface area contributed by atoms with Crippen LogP contribution in [0.4, 0.5) is 11.4 Å². The molecular formula is C12H18N2. The van der Waals surface area contributed by atoms with E-state index in [4.69, 9.17) is 5.73 Å². The van der Waals surface area contributed by atoms with Crippen molar-refractivity contribution in [2.75, 3.05) is 23.7 Å². The van der Waals surface area contributed by atoms with E-state index in [9.17, 15) is 0 Å². The van der Waals surface area contributed by atoms with Crippen molar-refractivity contribution in [3.05, 3.63) is 24.3 Å². The third-order valence-electron chi connectivity index (χ3n) is 3.11. The second-order valence-electron chi connectivity index (χ2n) is 4.50. The first kappa shape index (κ1) is 9.38. The van der Waals surface area contributed by atoms with E-state index < -0.39 is 0 Å². The molecule has 1 aliphatic rings. The molecular weight excluding hydrogens is 172 g/mol. The van der Waals surface area contributed by atoms with Crippen LogP contribution in [0, 0.1) is 11.8 Å². The van der Waals surface area contributed by atoms with Crippen LogP contribution in [-0.2, 0) is 0 Å². The van der Waals surface area contributed by atoms with Crippen molar-refractivity contribution in [2.45, 2.75) is 13.8 Å². The van der Waals surface area contributed by atoms with Gasteiger partial charge in [-0.2, -0.15) is 0 Å². The Morgan fingerprint density at radius 1 is 1.21 bits per heavy atom. The summed E-state index contributed by atoms with van der Waals surface area (Å²) in [6.45, 7) is 6.99. The van der Waals surface area contributed by atoms with Gasteiger partial charge in [-0.05, 0) is 36.1 Å². The Balaban J connectivity index is 1.96. The second kappa shape index (κ2) is 3.52. The van der Waals surface area contributed by atoms with Crippen LogP contribution in [0.2, 0.25) is 0 Å². The van der Waals surface area contributed by atoms with Crippen molar-refractivity contribution in [1.29, 1.82) is 0 Å². The van der Waals surface area contributed by atoms with Gasteiger partial charge in [-0.15, -0.1) is 0 Å². The topological polar surface area (TPSA) is 29.3 Å². The summed E-state index contributed by atoms with van der Waals surface area (Å²) in [5.74, 6) is 1.67. The van der Waals surface area contributed by atoms with E-state index in [-0.39, 0.29) is 0 Å². The maximum atomic E-state index is 5.64. The van der Waals surface area contributed by atoms with E-state index in [0.717, 1.165) is 17.5 Å². The fourth-order valence-corrected chi connectivity index (χ4v) is 1.83. The smallest absolute Gasteiger partial charge is 0.0367 e. The van der Waals surface area contributed by atoms with E-state index in [0.29, 0.717) is 0 Å². The first-order chi connectivity index (χ1) is 6.66. The zero-order chi connectivity index (χ0) is 10.1. The molecule has 2 nitrogen and oxygen atoms in total. The average molecular weight is 190 g/mol. The summed E-state index contributed by atoms with van der Waals surface area (Å²) in [5.41, 5.74) is 7.79. The van der Waals surface area contributed by atoms with E-state index in [1.165, 1.54) is 18.8 Å². The van der Waals surface area contributed by atoms with Crippen molar-refractivity contribution in [3.8, 4) is 0 Å². The number of hydrogen-bond acceptors (Lipinski definition) is 2. The van der Waals surface area contributed by atoms with Gasteiger partial charge in [0, 0.05) is 24.5 Å². The molecule has 0 aliphatic carbocycles. The van der Waals surface area contributed by atoms with Gasteiger partial charge in [-0.1, -0.05) is 13.8 Å². The molecule has 2 rings (SSSR count). The highest BCUT2D eigenvalue weighted by Gasteiger charge is 2.28. The number of benzene rings is 1. The molecule has 1 heterocycles. The molecule has 2 heteroatoms. The molecule has 0 atom stereocenters. The van der Waals surface area contributed by atoms with Crippen molar-refractivity contribution >= 4 is 11.4 Å². The first-order valence-corrected chi connectivity index (χ1v) is 5.27. The summed E-state index contributed by atoms with van der Waals surface area (Å²) in [4.78, 5) is 2.41. The summed E-state index contributed by atoms with van der Waals surface area (Å²) in [5, 5.41) is 0. The van der Waals surface area contributed by atoms with Gasteiger partial charge >= 0.3 is 0 Å². The van der Waals surface area contributed by atoms with Crippen LogP contribution >= 0.6 is 0 Å². The molecule has 0 bridgehead atoms. The maximum absolute atomic E-state index is 5.64. The van der Waals surface area contributed by atoms with Crippen LogP contribution in [0.25, 0.3) is 0 Å². The van der Waals surface area contributed by atoms with E-state index in [2.05, 4.69) is 30.9 Å². The third-order valence-corrected chi connectivity index (χ3v) is 3.11. The average Bonchev–Trinajstić information content (AvgIpc) is 2.05. The fraction of sp³-hybridized carbons (Fsp3) is 0.500. The molecule has 0 amide bonds.